The van der Waals surface area contributed by atoms with Crippen LogP contribution in [0.15, 0.2) is 6.33 Å². The average Bonchev–Trinajstić information content (AvgIpc) is 2.50. The maximum absolute atomic E-state index is 10.5. The van der Waals surface area contributed by atoms with E-state index in [1.54, 1.807) is 0 Å². The lowest BCUT2D eigenvalue weighted by molar-refractivity contribution is -0.140. The van der Waals surface area contributed by atoms with Crippen LogP contribution < -0.4 is 5.73 Å². The quantitative estimate of drug-likeness (QED) is 0.630. The fourth-order valence-electron chi connectivity index (χ4n) is 0.704. The van der Waals surface area contributed by atoms with Gasteiger partial charge in [0, 0.05) is 0 Å². The first kappa shape index (κ1) is 8.66. The number of nitrogens with two attached hydrogens (primary N) is 1. The third-order valence-corrected chi connectivity index (χ3v) is 1.49. The van der Waals surface area contributed by atoms with Crippen molar-refractivity contribution in [1.29, 1.82) is 0 Å². The van der Waals surface area contributed by atoms with E-state index in [1.807, 2.05) is 0 Å². The molecule has 6 nitrogen and oxygen atoms in total. The summed E-state index contributed by atoms with van der Waals surface area (Å²) in [5, 5.41) is 12.4. The molecule has 1 unspecified atom stereocenters. The van der Waals surface area contributed by atoms with E-state index >= 15 is 0 Å². The summed E-state index contributed by atoms with van der Waals surface area (Å²) in [7, 11) is 0. The molecule has 3 N–H and O–H groups in total. The molecule has 0 aliphatic rings. The molecular formula is C6H10N4O2. The van der Waals surface area contributed by atoms with E-state index in [9.17, 15) is 4.79 Å². The number of hydrogen-bond acceptors (Lipinski definition) is 4. The first-order valence-corrected chi connectivity index (χ1v) is 3.48. The molecule has 0 aliphatic carbocycles. The van der Waals surface area contributed by atoms with Gasteiger partial charge in [-0.15, -0.1) is 0 Å². The molecule has 1 aromatic rings. The SMILES string of the molecule is CC(C(=O)O)n1cnc(CN)n1. The molecule has 6 heteroatoms. The first-order valence-electron chi connectivity index (χ1n) is 3.48. The molecule has 0 saturated heterocycles. The Morgan fingerprint density at radius 3 is 3.00 bits per heavy atom. The van der Waals surface area contributed by atoms with Crippen LogP contribution in [0.3, 0.4) is 0 Å². The molecular weight excluding hydrogens is 160 g/mol. The van der Waals surface area contributed by atoms with Crippen LogP contribution in [0.2, 0.25) is 0 Å². The van der Waals surface area contributed by atoms with E-state index in [0.29, 0.717) is 5.82 Å². The lowest BCUT2D eigenvalue weighted by Crippen LogP contribution is -2.16. The molecule has 1 aromatic heterocycles. The highest BCUT2D eigenvalue weighted by Crippen LogP contribution is 2.02. The molecule has 0 radical (unpaired) electrons. The van der Waals surface area contributed by atoms with Crippen LogP contribution in [0.4, 0.5) is 0 Å². The maximum Gasteiger partial charge on any atom is 0.328 e. The van der Waals surface area contributed by atoms with E-state index in [2.05, 4.69) is 10.1 Å². The van der Waals surface area contributed by atoms with Crippen LogP contribution in [0.1, 0.15) is 18.8 Å². The lowest BCUT2D eigenvalue weighted by Gasteiger charge is -2.03. The number of aliphatic carboxylic acids is 1. The lowest BCUT2D eigenvalue weighted by atomic mass is 10.4. The van der Waals surface area contributed by atoms with Gasteiger partial charge in [0.05, 0.1) is 6.54 Å². The number of carboxylic acid groups (broad SMARTS) is 1. The molecule has 0 bridgehead atoms. The predicted octanol–water partition coefficient (Wildman–Crippen LogP) is -0.618. The van der Waals surface area contributed by atoms with E-state index < -0.39 is 12.0 Å². The molecule has 1 rings (SSSR count). The second-order valence-electron chi connectivity index (χ2n) is 2.36. The van der Waals surface area contributed by atoms with E-state index in [1.165, 1.54) is 17.9 Å². The maximum atomic E-state index is 10.5. The van der Waals surface area contributed by atoms with Crippen molar-refractivity contribution in [3.05, 3.63) is 12.2 Å². The van der Waals surface area contributed by atoms with Crippen LogP contribution in [0.5, 0.6) is 0 Å². The van der Waals surface area contributed by atoms with Crippen LogP contribution in [-0.4, -0.2) is 25.8 Å². The molecule has 0 amide bonds. The Kier molecular flexibility index (Phi) is 2.39. The highest BCUT2D eigenvalue weighted by molar-refractivity contribution is 5.71. The number of rotatable bonds is 3. The summed E-state index contributed by atoms with van der Waals surface area (Å²) in [6, 6.07) is -0.696. The van der Waals surface area contributed by atoms with Crippen LogP contribution in [-0.2, 0) is 11.3 Å². The molecule has 66 valence electrons. The molecule has 0 aliphatic heterocycles. The third kappa shape index (κ3) is 1.59. The third-order valence-electron chi connectivity index (χ3n) is 1.49. The summed E-state index contributed by atoms with van der Waals surface area (Å²) in [5.41, 5.74) is 5.25. The van der Waals surface area contributed by atoms with Crippen molar-refractivity contribution in [1.82, 2.24) is 14.8 Å². The fourth-order valence-corrected chi connectivity index (χ4v) is 0.704. The number of carbonyl (C=O) groups is 1. The zero-order chi connectivity index (χ0) is 9.14. The van der Waals surface area contributed by atoms with E-state index in [-0.39, 0.29) is 6.54 Å². The minimum absolute atomic E-state index is 0.222. The Labute approximate surface area is 69.0 Å². The molecule has 0 saturated carbocycles. The van der Waals surface area contributed by atoms with Gasteiger partial charge in [-0.05, 0) is 6.92 Å². The van der Waals surface area contributed by atoms with Gasteiger partial charge in [0.25, 0.3) is 0 Å². The summed E-state index contributed by atoms with van der Waals surface area (Å²) in [5.74, 6) is -0.494. The second kappa shape index (κ2) is 3.31. The molecule has 1 atom stereocenters. The monoisotopic (exact) mass is 170 g/mol. The summed E-state index contributed by atoms with van der Waals surface area (Å²) in [6.45, 7) is 1.75. The summed E-state index contributed by atoms with van der Waals surface area (Å²) >= 11 is 0. The first-order chi connectivity index (χ1) is 5.65. The van der Waals surface area contributed by atoms with Crippen molar-refractivity contribution in [2.24, 2.45) is 5.73 Å². The minimum atomic E-state index is -0.941. The van der Waals surface area contributed by atoms with Gasteiger partial charge in [0.1, 0.15) is 12.4 Å². The summed E-state index contributed by atoms with van der Waals surface area (Å²) in [4.78, 5) is 14.3. The largest absolute Gasteiger partial charge is 0.480 e. The molecule has 12 heavy (non-hydrogen) atoms. The molecule has 1 heterocycles. The number of hydrogen-bond donors (Lipinski definition) is 2. The van der Waals surface area contributed by atoms with Gasteiger partial charge >= 0.3 is 5.97 Å². The zero-order valence-corrected chi connectivity index (χ0v) is 6.64. The Balaban J connectivity index is 2.81. The van der Waals surface area contributed by atoms with Gasteiger partial charge in [-0.2, -0.15) is 5.10 Å². The standard InChI is InChI=1S/C6H10N4O2/c1-4(6(11)12)10-3-8-5(2-7)9-10/h3-4H,2,7H2,1H3,(H,11,12). The van der Waals surface area contributed by atoms with Crippen molar-refractivity contribution >= 4 is 5.97 Å². The second-order valence-corrected chi connectivity index (χ2v) is 2.36. The summed E-state index contributed by atoms with van der Waals surface area (Å²) < 4.78 is 1.27. The van der Waals surface area contributed by atoms with E-state index in [0.717, 1.165) is 0 Å². The Morgan fingerprint density at radius 2 is 2.58 bits per heavy atom. The van der Waals surface area contributed by atoms with Crippen molar-refractivity contribution in [3.63, 3.8) is 0 Å². The van der Waals surface area contributed by atoms with Crippen molar-refractivity contribution in [2.45, 2.75) is 19.5 Å². The Bertz CT molecular complexity index is 283. The van der Waals surface area contributed by atoms with Crippen molar-refractivity contribution in [2.75, 3.05) is 0 Å². The van der Waals surface area contributed by atoms with Gasteiger partial charge in [-0.3, -0.25) is 0 Å². The number of aromatic nitrogens is 3. The Morgan fingerprint density at radius 1 is 1.92 bits per heavy atom. The number of nitrogens with zero attached hydrogens (tertiary/aromatic N) is 3. The molecule has 0 spiro atoms. The normalized spacial score (nSPS) is 12.8. The topological polar surface area (TPSA) is 94.0 Å². The van der Waals surface area contributed by atoms with Gasteiger partial charge in [0.15, 0.2) is 5.82 Å². The van der Waals surface area contributed by atoms with Gasteiger partial charge in [-0.25, -0.2) is 14.5 Å². The van der Waals surface area contributed by atoms with Crippen LogP contribution >= 0.6 is 0 Å². The highest BCUT2D eigenvalue weighted by atomic mass is 16.4. The number of carboxylic acids is 1. The van der Waals surface area contributed by atoms with Crippen molar-refractivity contribution < 1.29 is 9.90 Å². The average molecular weight is 170 g/mol. The summed E-state index contributed by atoms with van der Waals surface area (Å²) in [6.07, 6.45) is 1.36. The van der Waals surface area contributed by atoms with Crippen LogP contribution in [0.25, 0.3) is 0 Å². The van der Waals surface area contributed by atoms with Crippen molar-refractivity contribution in [3.8, 4) is 0 Å². The fraction of sp³-hybridized carbons (Fsp3) is 0.500. The van der Waals surface area contributed by atoms with Gasteiger partial charge < -0.3 is 10.8 Å². The zero-order valence-electron chi connectivity index (χ0n) is 6.64. The van der Waals surface area contributed by atoms with E-state index in [4.69, 9.17) is 10.8 Å². The predicted molar refractivity (Wildman–Crippen MR) is 40.3 cm³/mol. The molecule has 0 aromatic carbocycles. The Hall–Kier alpha value is -1.43. The van der Waals surface area contributed by atoms with Gasteiger partial charge in [-0.1, -0.05) is 0 Å². The molecule has 0 fully saturated rings. The smallest absolute Gasteiger partial charge is 0.328 e. The van der Waals surface area contributed by atoms with Gasteiger partial charge in [0.2, 0.25) is 0 Å². The van der Waals surface area contributed by atoms with Crippen LogP contribution in [0, 0.1) is 0 Å². The highest BCUT2D eigenvalue weighted by Gasteiger charge is 2.14. The minimum Gasteiger partial charge on any atom is -0.480 e.